The van der Waals surface area contributed by atoms with E-state index < -0.39 is 0 Å². The molecule has 0 bridgehead atoms. The van der Waals surface area contributed by atoms with Crippen molar-refractivity contribution in [3.63, 3.8) is 0 Å². The SMILES string of the molecule is NC(Cc1cccs1)c1cc(Br)cc(Br)c1. The smallest absolute Gasteiger partial charge is 0.0344 e. The molecule has 1 aromatic heterocycles. The highest BCUT2D eigenvalue weighted by Crippen LogP contribution is 2.25. The van der Waals surface area contributed by atoms with Crippen molar-refractivity contribution >= 4 is 43.2 Å². The third kappa shape index (κ3) is 3.17. The van der Waals surface area contributed by atoms with E-state index in [1.807, 2.05) is 6.07 Å². The second-order valence-electron chi connectivity index (χ2n) is 3.59. The van der Waals surface area contributed by atoms with Crippen LogP contribution in [-0.2, 0) is 6.42 Å². The molecule has 0 fully saturated rings. The van der Waals surface area contributed by atoms with Crippen molar-refractivity contribution in [1.82, 2.24) is 0 Å². The summed E-state index contributed by atoms with van der Waals surface area (Å²) in [5.74, 6) is 0. The number of halogens is 2. The third-order valence-corrected chi connectivity index (χ3v) is 4.13. The van der Waals surface area contributed by atoms with Gasteiger partial charge in [0.05, 0.1) is 0 Å². The molecule has 1 atom stereocenters. The van der Waals surface area contributed by atoms with Gasteiger partial charge in [0, 0.05) is 26.3 Å². The maximum atomic E-state index is 6.19. The van der Waals surface area contributed by atoms with Gasteiger partial charge in [-0.3, -0.25) is 0 Å². The quantitative estimate of drug-likeness (QED) is 0.855. The molecule has 4 heteroatoms. The summed E-state index contributed by atoms with van der Waals surface area (Å²) in [6.07, 6.45) is 0.889. The zero-order chi connectivity index (χ0) is 11.5. The molecule has 2 aromatic rings. The van der Waals surface area contributed by atoms with Gasteiger partial charge in [0.25, 0.3) is 0 Å². The molecule has 0 spiro atoms. The zero-order valence-corrected chi connectivity index (χ0v) is 12.5. The van der Waals surface area contributed by atoms with E-state index in [1.54, 1.807) is 11.3 Å². The van der Waals surface area contributed by atoms with E-state index in [1.165, 1.54) is 4.88 Å². The van der Waals surface area contributed by atoms with E-state index in [2.05, 4.69) is 61.5 Å². The number of rotatable bonds is 3. The number of nitrogens with two attached hydrogens (primary N) is 1. The summed E-state index contributed by atoms with van der Waals surface area (Å²) in [6.45, 7) is 0. The van der Waals surface area contributed by atoms with E-state index in [0.29, 0.717) is 0 Å². The van der Waals surface area contributed by atoms with Crippen LogP contribution in [0.2, 0.25) is 0 Å². The molecule has 84 valence electrons. The van der Waals surface area contributed by atoms with Crippen LogP contribution in [0, 0.1) is 0 Å². The molecular formula is C12H11Br2NS. The van der Waals surface area contributed by atoms with E-state index in [-0.39, 0.29) is 6.04 Å². The lowest BCUT2D eigenvalue weighted by Gasteiger charge is -2.12. The largest absolute Gasteiger partial charge is 0.324 e. The van der Waals surface area contributed by atoms with Gasteiger partial charge in [0.1, 0.15) is 0 Å². The Balaban J connectivity index is 2.17. The first-order valence-electron chi connectivity index (χ1n) is 4.89. The van der Waals surface area contributed by atoms with Crippen molar-refractivity contribution < 1.29 is 0 Å². The van der Waals surface area contributed by atoms with Gasteiger partial charge in [0.15, 0.2) is 0 Å². The van der Waals surface area contributed by atoms with Crippen molar-refractivity contribution in [3.05, 3.63) is 55.1 Å². The Labute approximate surface area is 116 Å². The molecule has 0 aliphatic rings. The van der Waals surface area contributed by atoms with Crippen molar-refractivity contribution in [2.45, 2.75) is 12.5 Å². The first-order valence-corrected chi connectivity index (χ1v) is 7.35. The maximum absolute atomic E-state index is 6.19. The molecule has 16 heavy (non-hydrogen) atoms. The third-order valence-electron chi connectivity index (χ3n) is 2.31. The van der Waals surface area contributed by atoms with Gasteiger partial charge in [-0.05, 0) is 35.2 Å². The molecule has 2 N–H and O–H groups in total. The lowest BCUT2D eigenvalue weighted by molar-refractivity contribution is 0.729. The summed E-state index contributed by atoms with van der Waals surface area (Å²) in [6, 6.07) is 10.4. The van der Waals surface area contributed by atoms with Gasteiger partial charge in [-0.25, -0.2) is 0 Å². The minimum Gasteiger partial charge on any atom is -0.324 e. The van der Waals surface area contributed by atoms with Gasteiger partial charge in [-0.1, -0.05) is 37.9 Å². The molecular weight excluding hydrogens is 350 g/mol. The van der Waals surface area contributed by atoms with E-state index >= 15 is 0 Å². The lowest BCUT2D eigenvalue weighted by atomic mass is 10.0. The van der Waals surface area contributed by atoms with Crippen LogP contribution in [0.15, 0.2) is 44.7 Å². The molecule has 0 aliphatic heterocycles. The Morgan fingerprint density at radius 2 is 1.88 bits per heavy atom. The molecule has 0 saturated heterocycles. The van der Waals surface area contributed by atoms with Crippen LogP contribution in [0.4, 0.5) is 0 Å². The fourth-order valence-corrected chi connectivity index (χ4v) is 3.65. The van der Waals surface area contributed by atoms with E-state index in [9.17, 15) is 0 Å². The first kappa shape index (κ1) is 12.3. The number of thiophene rings is 1. The summed E-state index contributed by atoms with van der Waals surface area (Å²) < 4.78 is 2.11. The standard InChI is InChI=1S/C12H11Br2NS/c13-9-4-8(5-10(14)6-9)12(15)7-11-2-1-3-16-11/h1-6,12H,7,15H2. The molecule has 0 radical (unpaired) electrons. The van der Waals surface area contributed by atoms with Crippen LogP contribution in [0.25, 0.3) is 0 Å². The van der Waals surface area contributed by atoms with Gasteiger partial charge < -0.3 is 5.73 Å². The van der Waals surface area contributed by atoms with Crippen LogP contribution < -0.4 is 5.73 Å². The average molecular weight is 361 g/mol. The first-order chi connectivity index (χ1) is 7.65. The molecule has 2 rings (SSSR count). The Hall–Kier alpha value is -0.160. The second-order valence-corrected chi connectivity index (χ2v) is 6.46. The van der Waals surface area contributed by atoms with Gasteiger partial charge in [0.2, 0.25) is 0 Å². The molecule has 0 aliphatic carbocycles. The summed E-state index contributed by atoms with van der Waals surface area (Å²) in [7, 11) is 0. The summed E-state index contributed by atoms with van der Waals surface area (Å²) >= 11 is 8.70. The highest BCUT2D eigenvalue weighted by atomic mass is 79.9. The minimum atomic E-state index is 0.0486. The Morgan fingerprint density at radius 1 is 1.19 bits per heavy atom. The number of benzene rings is 1. The van der Waals surface area contributed by atoms with Crippen molar-refractivity contribution in [2.24, 2.45) is 5.73 Å². The summed E-state index contributed by atoms with van der Waals surface area (Å²) in [5, 5.41) is 2.08. The Kier molecular flexibility index (Phi) is 4.19. The minimum absolute atomic E-state index is 0.0486. The van der Waals surface area contributed by atoms with E-state index in [0.717, 1.165) is 20.9 Å². The predicted molar refractivity (Wildman–Crippen MR) is 76.8 cm³/mol. The Morgan fingerprint density at radius 3 is 2.44 bits per heavy atom. The normalized spacial score (nSPS) is 12.7. The molecule has 0 saturated carbocycles. The Bertz CT molecular complexity index is 448. The van der Waals surface area contributed by atoms with Crippen LogP contribution >= 0.6 is 43.2 Å². The fraction of sp³-hybridized carbons (Fsp3) is 0.167. The second kappa shape index (κ2) is 5.45. The summed E-state index contributed by atoms with van der Waals surface area (Å²) in [4.78, 5) is 1.32. The maximum Gasteiger partial charge on any atom is 0.0344 e. The zero-order valence-electron chi connectivity index (χ0n) is 8.49. The average Bonchev–Trinajstić information content (AvgIpc) is 2.68. The number of hydrogen-bond donors (Lipinski definition) is 1. The van der Waals surface area contributed by atoms with Gasteiger partial charge in [-0.15, -0.1) is 11.3 Å². The molecule has 1 unspecified atom stereocenters. The highest BCUT2D eigenvalue weighted by molar-refractivity contribution is 9.11. The molecule has 0 amide bonds. The van der Waals surface area contributed by atoms with Crippen LogP contribution in [0.5, 0.6) is 0 Å². The van der Waals surface area contributed by atoms with Crippen LogP contribution in [0.3, 0.4) is 0 Å². The van der Waals surface area contributed by atoms with Crippen molar-refractivity contribution in [2.75, 3.05) is 0 Å². The fourth-order valence-electron chi connectivity index (χ4n) is 1.55. The lowest BCUT2D eigenvalue weighted by Crippen LogP contribution is -2.12. The van der Waals surface area contributed by atoms with Gasteiger partial charge >= 0.3 is 0 Å². The van der Waals surface area contributed by atoms with E-state index in [4.69, 9.17) is 5.73 Å². The van der Waals surface area contributed by atoms with Crippen LogP contribution in [0.1, 0.15) is 16.5 Å². The predicted octanol–water partition coefficient (Wildman–Crippen LogP) is 4.52. The molecule has 1 nitrogen and oxygen atoms in total. The summed E-state index contributed by atoms with van der Waals surface area (Å²) in [5.41, 5.74) is 7.34. The van der Waals surface area contributed by atoms with Crippen molar-refractivity contribution in [3.8, 4) is 0 Å². The monoisotopic (exact) mass is 359 g/mol. The van der Waals surface area contributed by atoms with Crippen LogP contribution in [-0.4, -0.2) is 0 Å². The molecule has 1 heterocycles. The topological polar surface area (TPSA) is 26.0 Å². The van der Waals surface area contributed by atoms with Gasteiger partial charge in [-0.2, -0.15) is 0 Å². The van der Waals surface area contributed by atoms with Crippen molar-refractivity contribution in [1.29, 1.82) is 0 Å². The number of hydrogen-bond acceptors (Lipinski definition) is 2. The highest BCUT2D eigenvalue weighted by Gasteiger charge is 2.09. The molecule has 1 aromatic carbocycles.